The molecule has 0 saturated heterocycles. The Kier molecular flexibility index (Phi) is 6.01. The summed E-state index contributed by atoms with van der Waals surface area (Å²) in [4.78, 5) is 12.2. The summed E-state index contributed by atoms with van der Waals surface area (Å²) in [5, 5.41) is 8.78. The number of carbonyl (C=O) groups is 1. The van der Waals surface area contributed by atoms with Crippen molar-refractivity contribution in [3.05, 3.63) is 59.8 Å². The first-order chi connectivity index (χ1) is 13.9. The lowest BCUT2D eigenvalue weighted by molar-refractivity contribution is 0.216. The first-order valence-electron chi connectivity index (χ1n) is 8.88. The lowest BCUT2D eigenvalue weighted by atomic mass is 10.1. The summed E-state index contributed by atoms with van der Waals surface area (Å²) in [5.74, 6) is 12.8. The first-order valence-corrected chi connectivity index (χ1v) is 8.88. The number of anilines is 1. The van der Waals surface area contributed by atoms with E-state index in [0.717, 1.165) is 26.8 Å². The van der Waals surface area contributed by atoms with E-state index < -0.39 is 6.03 Å². The van der Waals surface area contributed by atoms with Crippen LogP contribution in [0.3, 0.4) is 0 Å². The fourth-order valence-corrected chi connectivity index (χ4v) is 2.93. The van der Waals surface area contributed by atoms with Gasteiger partial charge in [0.15, 0.2) is 0 Å². The third-order valence-corrected chi connectivity index (χ3v) is 4.45. The minimum absolute atomic E-state index is 0.152. The molecule has 29 heavy (non-hydrogen) atoms. The monoisotopic (exact) mass is 396 g/mol. The molecule has 5 N–H and O–H groups in total. The van der Waals surface area contributed by atoms with E-state index in [0.29, 0.717) is 22.7 Å². The number of amides is 2. The van der Waals surface area contributed by atoms with Crippen molar-refractivity contribution in [2.75, 3.05) is 19.2 Å². The van der Waals surface area contributed by atoms with Crippen molar-refractivity contribution in [1.29, 1.82) is 0 Å². The SMILES string of the molecule is COc1cccc(N(N)C(=O)N(C)N)c1COc1ccc(-c2ccn[nH]2)cc1C. The van der Waals surface area contributed by atoms with Crippen LogP contribution in [0.4, 0.5) is 10.5 Å². The smallest absolute Gasteiger partial charge is 0.352 e. The summed E-state index contributed by atoms with van der Waals surface area (Å²) in [6.07, 6.45) is 1.71. The molecule has 0 aliphatic heterocycles. The molecule has 3 rings (SSSR count). The van der Waals surface area contributed by atoms with Gasteiger partial charge in [0.1, 0.15) is 18.1 Å². The molecule has 0 unspecified atom stereocenters. The number of nitrogens with two attached hydrogens (primary N) is 2. The Hall–Kier alpha value is -3.56. The molecule has 9 nitrogen and oxygen atoms in total. The van der Waals surface area contributed by atoms with Crippen molar-refractivity contribution in [2.24, 2.45) is 11.7 Å². The number of H-pyrrole nitrogens is 1. The standard InChI is InChI=1S/C20H24N6O3/c1-13-11-14(16-9-10-23-24-16)7-8-18(13)29-12-15-17(5-4-6-19(15)28-3)26(22)20(27)25(2)21/h4-11H,12,21-22H2,1-3H3,(H,23,24). The minimum Gasteiger partial charge on any atom is -0.496 e. The van der Waals surface area contributed by atoms with Gasteiger partial charge >= 0.3 is 6.03 Å². The summed E-state index contributed by atoms with van der Waals surface area (Å²) in [7, 11) is 2.97. The predicted molar refractivity (Wildman–Crippen MR) is 110 cm³/mol. The highest BCUT2D eigenvalue weighted by atomic mass is 16.5. The van der Waals surface area contributed by atoms with Crippen molar-refractivity contribution < 1.29 is 14.3 Å². The van der Waals surface area contributed by atoms with E-state index in [4.69, 9.17) is 21.2 Å². The lowest BCUT2D eigenvalue weighted by Gasteiger charge is -2.24. The van der Waals surface area contributed by atoms with Crippen LogP contribution in [0.2, 0.25) is 0 Å². The van der Waals surface area contributed by atoms with Crippen molar-refractivity contribution in [3.8, 4) is 22.8 Å². The second-order valence-corrected chi connectivity index (χ2v) is 6.46. The Morgan fingerprint density at radius 2 is 1.97 bits per heavy atom. The second-order valence-electron chi connectivity index (χ2n) is 6.46. The van der Waals surface area contributed by atoms with E-state index in [2.05, 4.69) is 10.2 Å². The zero-order valence-corrected chi connectivity index (χ0v) is 16.5. The number of methoxy groups -OCH3 is 1. The van der Waals surface area contributed by atoms with Crippen LogP contribution in [0.1, 0.15) is 11.1 Å². The molecule has 0 spiro atoms. The van der Waals surface area contributed by atoms with E-state index in [-0.39, 0.29) is 6.61 Å². The number of nitrogens with zero attached hydrogens (tertiary/aromatic N) is 3. The summed E-state index contributed by atoms with van der Waals surface area (Å²) >= 11 is 0. The van der Waals surface area contributed by atoms with Gasteiger partial charge in [-0.2, -0.15) is 5.10 Å². The molecule has 0 bridgehead atoms. The fraction of sp³-hybridized carbons (Fsp3) is 0.200. The molecule has 1 aromatic heterocycles. The molecular weight excluding hydrogens is 372 g/mol. The number of carbonyl (C=O) groups excluding carboxylic acids is 1. The van der Waals surface area contributed by atoms with E-state index in [9.17, 15) is 4.79 Å². The number of hydrazine groups is 2. The number of benzene rings is 2. The van der Waals surface area contributed by atoms with Gasteiger partial charge in [0.25, 0.3) is 0 Å². The van der Waals surface area contributed by atoms with Crippen molar-refractivity contribution in [3.63, 3.8) is 0 Å². The number of nitrogens with one attached hydrogen (secondary N) is 1. The van der Waals surface area contributed by atoms with Crippen molar-refractivity contribution in [1.82, 2.24) is 15.2 Å². The third kappa shape index (κ3) is 4.31. The molecular formula is C20H24N6O3. The van der Waals surface area contributed by atoms with Gasteiger partial charge in [0, 0.05) is 18.8 Å². The topological polar surface area (TPSA) is 123 Å². The molecule has 0 fully saturated rings. The predicted octanol–water partition coefficient (Wildman–Crippen LogP) is 2.58. The average Bonchev–Trinajstić information content (AvgIpc) is 3.26. The number of aromatic nitrogens is 2. The summed E-state index contributed by atoms with van der Waals surface area (Å²) in [5.41, 5.74) is 3.96. The maximum Gasteiger partial charge on any atom is 0.352 e. The van der Waals surface area contributed by atoms with Crippen LogP contribution in [0.5, 0.6) is 11.5 Å². The van der Waals surface area contributed by atoms with E-state index >= 15 is 0 Å². The number of aryl methyl sites for hydroxylation is 1. The Labute approximate surface area is 168 Å². The molecule has 9 heteroatoms. The van der Waals surface area contributed by atoms with Crippen LogP contribution in [-0.4, -0.2) is 35.4 Å². The normalized spacial score (nSPS) is 10.5. The molecule has 2 amide bonds. The summed E-state index contributed by atoms with van der Waals surface area (Å²) in [6.45, 7) is 2.11. The van der Waals surface area contributed by atoms with E-state index in [1.807, 2.05) is 31.2 Å². The molecule has 1 heterocycles. The lowest BCUT2D eigenvalue weighted by Crippen LogP contribution is -2.49. The zero-order valence-electron chi connectivity index (χ0n) is 16.5. The van der Waals surface area contributed by atoms with Crippen molar-refractivity contribution >= 4 is 11.7 Å². The van der Waals surface area contributed by atoms with Gasteiger partial charge in [-0.15, -0.1) is 0 Å². The van der Waals surface area contributed by atoms with Crippen LogP contribution < -0.4 is 26.2 Å². The highest BCUT2D eigenvalue weighted by molar-refractivity contribution is 5.91. The molecule has 0 saturated carbocycles. The maximum atomic E-state index is 12.2. The first kappa shape index (κ1) is 20.2. The number of ether oxygens (including phenoxy) is 2. The quantitative estimate of drug-likeness (QED) is 0.334. The van der Waals surface area contributed by atoms with E-state index in [1.54, 1.807) is 31.5 Å². The van der Waals surface area contributed by atoms with Crippen LogP contribution >= 0.6 is 0 Å². The number of aromatic amines is 1. The zero-order chi connectivity index (χ0) is 21.0. The highest BCUT2D eigenvalue weighted by Crippen LogP contribution is 2.31. The largest absolute Gasteiger partial charge is 0.496 e. The molecule has 0 aliphatic rings. The van der Waals surface area contributed by atoms with Crippen LogP contribution in [0.25, 0.3) is 11.3 Å². The second kappa shape index (κ2) is 8.63. The Morgan fingerprint density at radius 3 is 2.59 bits per heavy atom. The van der Waals surface area contributed by atoms with Gasteiger partial charge in [-0.25, -0.2) is 21.5 Å². The van der Waals surface area contributed by atoms with Gasteiger partial charge in [-0.1, -0.05) is 6.07 Å². The van der Waals surface area contributed by atoms with Crippen LogP contribution in [-0.2, 0) is 6.61 Å². The third-order valence-electron chi connectivity index (χ3n) is 4.45. The Balaban J connectivity index is 1.86. The van der Waals surface area contributed by atoms with Crippen LogP contribution in [0.15, 0.2) is 48.7 Å². The van der Waals surface area contributed by atoms with Crippen LogP contribution in [0, 0.1) is 6.92 Å². The van der Waals surface area contributed by atoms with Gasteiger partial charge in [0.05, 0.1) is 24.1 Å². The summed E-state index contributed by atoms with van der Waals surface area (Å²) < 4.78 is 11.5. The molecule has 0 aliphatic carbocycles. The molecule has 0 radical (unpaired) electrons. The van der Waals surface area contributed by atoms with Gasteiger partial charge in [0.2, 0.25) is 0 Å². The number of rotatable bonds is 6. The maximum absolute atomic E-state index is 12.2. The number of hydrogen-bond acceptors (Lipinski definition) is 6. The average molecular weight is 396 g/mol. The summed E-state index contributed by atoms with van der Waals surface area (Å²) in [6, 6.07) is 12.4. The Morgan fingerprint density at radius 1 is 1.17 bits per heavy atom. The molecule has 152 valence electrons. The Bertz CT molecular complexity index is 988. The van der Waals surface area contributed by atoms with Gasteiger partial charge in [-0.05, 0) is 48.9 Å². The van der Waals surface area contributed by atoms with Gasteiger partial charge < -0.3 is 9.47 Å². The fourth-order valence-electron chi connectivity index (χ4n) is 2.93. The van der Waals surface area contributed by atoms with E-state index in [1.165, 1.54) is 7.05 Å². The molecule has 2 aromatic carbocycles. The van der Waals surface area contributed by atoms with Crippen molar-refractivity contribution in [2.45, 2.75) is 13.5 Å². The number of hydrogen-bond donors (Lipinski definition) is 3. The van der Waals surface area contributed by atoms with Gasteiger partial charge in [-0.3, -0.25) is 10.1 Å². The minimum atomic E-state index is -0.570. The number of urea groups is 1. The highest BCUT2D eigenvalue weighted by Gasteiger charge is 2.20. The molecule has 3 aromatic rings. The molecule has 0 atom stereocenters.